The van der Waals surface area contributed by atoms with Crippen molar-refractivity contribution in [2.24, 2.45) is 4.99 Å². The van der Waals surface area contributed by atoms with E-state index in [0.717, 1.165) is 42.1 Å². The van der Waals surface area contributed by atoms with Crippen molar-refractivity contribution >= 4 is 28.7 Å². The van der Waals surface area contributed by atoms with Gasteiger partial charge in [-0.1, -0.05) is 30.0 Å². The third-order valence-corrected chi connectivity index (χ3v) is 5.30. The lowest BCUT2D eigenvalue weighted by atomic mass is 10.2. The highest BCUT2D eigenvalue weighted by molar-refractivity contribution is 8.13. The van der Waals surface area contributed by atoms with Crippen LogP contribution in [0.25, 0.3) is 0 Å². The summed E-state index contributed by atoms with van der Waals surface area (Å²) >= 11 is 3.66. The standard InChI is InChI=1S/C15H22N2O2S2/c1-18-7-8-20-15-16-9-13(10-17-15)21-11-12-5-3-4-6-14(12)19-2/h3-6,13H,7-11H2,1-2H3,(H,16,17). The zero-order valence-electron chi connectivity index (χ0n) is 12.5. The quantitative estimate of drug-likeness (QED) is 0.780. The molecule has 1 aromatic rings. The minimum atomic E-state index is 0.515. The summed E-state index contributed by atoms with van der Waals surface area (Å²) in [7, 11) is 3.45. The summed E-state index contributed by atoms with van der Waals surface area (Å²) in [6, 6.07) is 8.19. The highest BCUT2D eigenvalue weighted by Gasteiger charge is 2.16. The molecule has 4 nitrogen and oxygen atoms in total. The number of ether oxygens (including phenoxy) is 2. The maximum Gasteiger partial charge on any atom is 0.156 e. The summed E-state index contributed by atoms with van der Waals surface area (Å²) in [4.78, 5) is 4.60. The number of para-hydroxylation sites is 1. The van der Waals surface area contributed by atoms with Crippen LogP contribution in [-0.2, 0) is 10.5 Å². The summed E-state index contributed by atoms with van der Waals surface area (Å²) in [5.74, 6) is 2.87. The number of rotatable bonds is 7. The average molecular weight is 326 g/mol. The van der Waals surface area contributed by atoms with Gasteiger partial charge in [-0.05, 0) is 6.07 Å². The molecule has 116 valence electrons. The highest BCUT2D eigenvalue weighted by atomic mass is 32.2. The first-order valence-corrected chi connectivity index (χ1v) is 9.00. The van der Waals surface area contributed by atoms with Crippen molar-refractivity contribution in [3.8, 4) is 5.75 Å². The maximum atomic E-state index is 5.39. The van der Waals surface area contributed by atoms with Crippen LogP contribution in [0.4, 0.5) is 0 Å². The second-order valence-corrected chi connectivity index (χ2v) is 6.99. The first-order valence-electron chi connectivity index (χ1n) is 6.97. The fourth-order valence-electron chi connectivity index (χ4n) is 1.97. The molecule has 0 aliphatic carbocycles. The van der Waals surface area contributed by atoms with E-state index in [1.807, 2.05) is 23.9 Å². The van der Waals surface area contributed by atoms with E-state index in [1.54, 1.807) is 26.0 Å². The Morgan fingerprint density at radius 1 is 1.33 bits per heavy atom. The molecule has 0 spiro atoms. The third kappa shape index (κ3) is 5.45. The fourth-order valence-corrected chi connectivity index (χ4v) is 3.80. The lowest BCUT2D eigenvalue weighted by Gasteiger charge is -2.22. The van der Waals surface area contributed by atoms with Crippen LogP contribution in [0.15, 0.2) is 29.3 Å². The molecule has 1 N–H and O–H groups in total. The number of methoxy groups -OCH3 is 2. The number of benzene rings is 1. The number of amidine groups is 1. The fraction of sp³-hybridized carbons (Fsp3) is 0.533. The summed E-state index contributed by atoms with van der Waals surface area (Å²) < 4.78 is 10.4. The Morgan fingerprint density at radius 2 is 2.19 bits per heavy atom. The second-order valence-electron chi connectivity index (χ2n) is 4.61. The molecule has 0 amide bonds. The normalized spacial score (nSPS) is 18.0. The Bertz CT molecular complexity index is 469. The van der Waals surface area contributed by atoms with Gasteiger partial charge in [-0.25, -0.2) is 0 Å². The van der Waals surface area contributed by atoms with E-state index in [2.05, 4.69) is 22.4 Å². The highest BCUT2D eigenvalue weighted by Crippen LogP contribution is 2.26. The second kappa shape index (κ2) is 9.23. The molecule has 21 heavy (non-hydrogen) atoms. The third-order valence-electron chi connectivity index (χ3n) is 3.11. The van der Waals surface area contributed by atoms with Gasteiger partial charge in [0.2, 0.25) is 0 Å². The lowest BCUT2D eigenvalue weighted by molar-refractivity contribution is 0.219. The van der Waals surface area contributed by atoms with Crippen molar-refractivity contribution in [2.45, 2.75) is 11.0 Å². The molecule has 0 bridgehead atoms. The van der Waals surface area contributed by atoms with E-state index in [0.29, 0.717) is 5.25 Å². The molecular weight excluding hydrogens is 304 g/mol. The number of hydrogen-bond acceptors (Lipinski definition) is 6. The van der Waals surface area contributed by atoms with Gasteiger partial charge in [0.15, 0.2) is 5.17 Å². The van der Waals surface area contributed by atoms with Gasteiger partial charge in [-0.15, -0.1) is 11.8 Å². The van der Waals surface area contributed by atoms with E-state index in [1.165, 1.54) is 5.56 Å². The van der Waals surface area contributed by atoms with E-state index < -0.39 is 0 Å². The number of aliphatic imine (C=N–C) groups is 1. The van der Waals surface area contributed by atoms with Crippen LogP contribution in [-0.4, -0.2) is 50.1 Å². The molecule has 1 atom stereocenters. The van der Waals surface area contributed by atoms with Crippen molar-refractivity contribution in [1.29, 1.82) is 0 Å². The lowest BCUT2D eigenvalue weighted by Crippen LogP contribution is -2.36. The number of nitrogens with one attached hydrogen (secondary N) is 1. The first-order chi connectivity index (χ1) is 10.3. The van der Waals surface area contributed by atoms with Crippen molar-refractivity contribution in [3.63, 3.8) is 0 Å². The van der Waals surface area contributed by atoms with Gasteiger partial charge in [-0.3, -0.25) is 4.99 Å². The molecule has 0 saturated carbocycles. The molecular formula is C15H22N2O2S2. The Hall–Kier alpha value is -0.850. The molecule has 2 rings (SSSR count). The average Bonchev–Trinajstić information content (AvgIpc) is 2.54. The van der Waals surface area contributed by atoms with Crippen LogP contribution < -0.4 is 10.1 Å². The molecule has 0 saturated heterocycles. The van der Waals surface area contributed by atoms with E-state index in [4.69, 9.17) is 9.47 Å². The minimum Gasteiger partial charge on any atom is -0.496 e. The SMILES string of the molecule is COCCSC1=NCC(SCc2ccccc2OC)CN1. The van der Waals surface area contributed by atoms with E-state index >= 15 is 0 Å². The summed E-state index contributed by atoms with van der Waals surface area (Å²) in [5.41, 5.74) is 1.24. The largest absolute Gasteiger partial charge is 0.496 e. The molecule has 1 aromatic carbocycles. The predicted molar refractivity (Wildman–Crippen MR) is 92.7 cm³/mol. The van der Waals surface area contributed by atoms with Gasteiger partial charge in [-0.2, -0.15) is 0 Å². The number of thioether (sulfide) groups is 2. The van der Waals surface area contributed by atoms with Gasteiger partial charge in [0.25, 0.3) is 0 Å². The van der Waals surface area contributed by atoms with Crippen LogP contribution in [0, 0.1) is 0 Å². The topological polar surface area (TPSA) is 42.9 Å². The number of nitrogens with zero attached hydrogens (tertiary/aromatic N) is 1. The van der Waals surface area contributed by atoms with Crippen LogP contribution in [0.3, 0.4) is 0 Å². The summed E-state index contributed by atoms with van der Waals surface area (Å²) in [5, 5.41) is 4.96. The zero-order chi connectivity index (χ0) is 14.9. The van der Waals surface area contributed by atoms with E-state index in [-0.39, 0.29) is 0 Å². The van der Waals surface area contributed by atoms with Gasteiger partial charge in [0, 0.05) is 36.0 Å². The zero-order valence-corrected chi connectivity index (χ0v) is 14.1. The Balaban J connectivity index is 1.75. The number of hydrogen-bond donors (Lipinski definition) is 1. The van der Waals surface area contributed by atoms with Crippen molar-refractivity contribution in [2.75, 3.05) is 39.7 Å². The molecule has 0 aromatic heterocycles. The van der Waals surface area contributed by atoms with Crippen LogP contribution >= 0.6 is 23.5 Å². The molecule has 0 radical (unpaired) electrons. The smallest absolute Gasteiger partial charge is 0.156 e. The molecule has 1 heterocycles. The Kier molecular flexibility index (Phi) is 7.26. The Labute approximate surface area is 135 Å². The molecule has 6 heteroatoms. The van der Waals surface area contributed by atoms with Crippen molar-refractivity contribution in [1.82, 2.24) is 5.32 Å². The molecule has 1 aliphatic heterocycles. The Morgan fingerprint density at radius 3 is 2.90 bits per heavy atom. The van der Waals surface area contributed by atoms with E-state index in [9.17, 15) is 0 Å². The maximum absolute atomic E-state index is 5.39. The monoisotopic (exact) mass is 326 g/mol. The predicted octanol–water partition coefficient (Wildman–Crippen LogP) is 2.64. The molecule has 1 unspecified atom stereocenters. The van der Waals surface area contributed by atoms with Crippen molar-refractivity contribution < 1.29 is 9.47 Å². The van der Waals surface area contributed by atoms with Gasteiger partial charge < -0.3 is 14.8 Å². The van der Waals surface area contributed by atoms with Crippen LogP contribution in [0.2, 0.25) is 0 Å². The molecule has 1 aliphatic rings. The van der Waals surface area contributed by atoms with Crippen molar-refractivity contribution in [3.05, 3.63) is 29.8 Å². The van der Waals surface area contributed by atoms with Crippen LogP contribution in [0.1, 0.15) is 5.56 Å². The molecule has 0 fully saturated rings. The van der Waals surface area contributed by atoms with Gasteiger partial charge in [0.1, 0.15) is 5.75 Å². The first kappa shape index (κ1) is 16.5. The summed E-state index contributed by atoms with van der Waals surface area (Å²) in [6.45, 7) is 2.61. The minimum absolute atomic E-state index is 0.515. The van der Waals surface area contributed by atoms with Crippen LogP contribution in [0.5, 0.6) is 5.75 Å². The summed E-state index contributed by atoms with van der Waals surface area (Å²) in [6.07, 6.45) is 0. The van der Waals surface area contributed by atoms with Gasteiger partial charge in [0.05, 0.1) is 20.3 Å². The van der Waals surface area contributed by atoms with Gasteiger partial charge >= 0.3 is 0 Å².